The van der Waals surface area contributed by atoms with E-state index in [1.807, 2.05) is 20.8 Å². The largest absolute Gasteiger partial charge is 0.378 e. The van der Waals surface area contributed by atoms with E-state index in [1.54, 1.807) is 6.08 Å². The molecule has 0 N–H and O–H groups in total. The first-order chi connectivity index (χ1) is 8.86. The quantitative estimate of drug-likeness (QED) is 0.538. The molecule has 7 heteroatoms. The molecule has 2 unspecified atom stereocenters. The Hall–Kier alpha value is -0.750. The maximum Gasteiger partial charge on any atom is 0.235 e. The van der Waals surface area contributed by atoms with Gasteiger partial charge in [-0.3, -0.25) is 0 Å². The van der Waals surface area contributed by atoms with Crippen molar-refractivity contribution < 1.29 is 17.9 Å². The summed E-state index contributed by atoms with van der Waals surface area (Å²) in [5, 5.41) is 0. The van der Waals surface area contributed by atoms with Crippen molar-refractivity contribution in [2.45, 2.75) is 51.8 Å². The molecule has 1 aliphatic rings. The lowest BCUT2D eigenvalue weighted by atomic mass is 10.0. The van der Waals surface area contributed by atoms with Gasteiger partial charge < -0.3 is 4.74 Å². The van der Waals surface area contributed by atoms with Gasteiger partial charge in [0.25, 0.3) is 0 Å². The normalized spacial score (nSPS) is 25.3. The van der Waals surface area contributed by atoms with Crippen molar-refractivity contribution in [2.75, 3.05) is 18.9 Å². The third-order valence-corrected chi connectivity index (χ3v) is 5.11. The van der Waals surface area contributed by atoms with Crippen LogP contribution in [-0.4, -0.2) is 55.9 Å². The molecule has 0 aromatic carbocycles. The van der Waals surface area contributed by atoms with Crippen molar-refractivity contribution in [1.29, 1.82) is 0 Å². The SMILES string of the molecule is CC(C)OCCS(=O)(=O)N1CCC(N=C=O)CC1C. The molecule has 0 radical (unpaired) electrons. The number of aliphatic imine (C=N–C) groups is 1. The van der Waals surface area contributed by atoms with Crippen molar-refractivity contribution in [3.05, 3.63) is 0 Å². The Morgan fingerprint density at radius 2 is 2.16 bits per heavy atom. The Kier molecular flexibility index (Phi) is 6.13. The van der Waals surface area contributed by atoms with Gasteiger partial charge in [-0.2, -0.15) is 4.31 Å². The fraction of sp³-hybridized carbons (Fsp3) is 0.917. The zero-order valence-electron chi connectivity index (χ0n) is 11.7. The van der Waals surface area contributed by atoms with E-state index < -0.39 is 10.0 Å². The molecule has 0 aromatic heterocycles. The molecular formula is C12H22N2O4S. The van der Waals surface area contributed by atoms with E-state index in [2.05, 4.69) is 4.99 Å². The van der Waals surface area contributed by atoms with Gasteiger partial charge in [-0.25, -0.2) is 18.2 Å². The van der Waals surface area contributed by atoms with E-state index in [4.69, 9.17) is 4.74 Å². The molecule has 0 aliphatic carbocycles. The van der Waals surface area contributed by atoms with Crippen LogP contribution in [0.4, 0.5) is 0 Å². The highest BCUT2D eigenvalue weighted by Gasteiger charge is 2.33. The van der Waals surface area contributed by atoms with Crippen molar-refractivity contribution >= 4 is 16.1 Å². The smallest absolute Gasteiger partial charge is 0.235 e. The van der Waals surface area contributed by atoms with Crippen molar-refractivity contribution in [3.8, 4) is 0 Å². The minimum absolute atomic E-state index is 0.00284. The molecule has 6 nitrogen and oxygen atoms in total. The van der Waals surface area contributed by atoms with Crippen molar-refractivity contribution in [2.24, 2.45) is 4.99 Å². The van der Waals surface area contributed by atoms with Gasteiger partial charge in [0.15, 0.2) is 0 Å². The van der Waals surface area contributed by atoms with Gasteiger partial charge in [-0.1, -0.05) is 0 Å². The Labute approximate surface area is 114 Å². The number of hydrogen-bond acceptors (Lipinski definition) is 5. The molecule has 19 heavy (non-hydrogen) atoms. The molecule has 0 aromatic rings. The van der Waals surface area contributed by atoms with E-state index in [0.29, 0.717) is 19.4 Å². The van der Waals surface area contributed by atoms with Crippen molar-refractivity contribution in [1.82, 2.24) is 4.31 Å². The summed E-state index contributed by atoms with van der Waals surface area (Å²) in [6.45, 7) is 6.20. The molecule has 110 valence electrons. The fourth-order valence-electron chi connectivity index (χ4n) is 2.24. The van der Waals surface area contributed by atoms with Gasteiger partial charge in [-0.15, -0.1) is 0 Å². The zero-order valence-corrected chi connectivity index (χ0v) is 12.5. The summed E-state index contributed by atoms with van der Waals surface area (Å²) in [5.41, 5.74) is 0. The van der Waals surface area contributed by atoms with Crippen molar-refractivity contribution in [3.63, 3.8) is 0 Å². The summed E-state index contributed by atoms with van der Waals surface area (Å²) in [6.07, 6.45) is 2.72. The second-order valence-corrected chi connectivity index (χ2v) is 7.13. The average molecular weight is 290 g/mol. The van der Waals surface area contributed by atoms with E-state index in [-0.39, 0.29) is 30.5 Å². The number of isocyanates is 1. The fourth-order valence-corrected chi connectivity index (χ4v) is 3.80. The Bertz CT molecular complexity index is 429. The van der Waals surface area contributed by atoms with Crippen LogP contribution in [0.25, 0.3) is 0 Å². The highest BCUT2D eigenvalue weighted by atomic mass is 32.2. The van der Waals surface area contributed by atoms with E-state index in [0.717, 1.165) is 0 Å². The second kappa shape index (κ2) is 7.14. The molecule has 1 heterocycles. The molecule has 2 atom stereocenters. The first kappa shape index (κ1) is 16.3. The third-order valence-electron chi connectivity index (χ3n) is 3.17. The first-order valence-electron chi connectivity index (χ1n) is 6.55. The van der Waals surface area contributed by atoms with Crippen LogP contribution >= 0.6 is 0 Å². The summed E-state index contributed by atoms with van der Waals surface area (Å²) >= 11 is 0. The monoisotopic (exact) mass is 290 g/mol. The number of hydrogen-bond donors (Lipinski definition) is 0. The lowest BCUT2D eigenvalue weighted by molar-refractivity contribution is 0.0902. The second-order valence-electron chi connectivity index (χ2n) is 5.09. The van der Waals surface area contributed by atoms with E-state index >= 15 is 0 Å². The summed E-state index contributed by atoms with van der Waals surface area (Å²) in [6, 6.07) is -0.245. The minimum Gasteiger partial charge on any atom is -0.378 e. The Morgan fingerprint density at radius 3 is 2.68 bits per heavy atom. The molecule has 0 bridgehead atoms. The lowest BCUT2D eigenvalue weighted by Gasteiger charge is -2.34. The van der Waals surface area contributed by atoms with Gasteiger partial charge in [-0.05, 0) is 33.6 Å². The Morgan fingerprint density at radius 1 is 1.47 bits per heavy atom. The van der Waals surface area contributed by atoms with Crippen LogP contribution in [0.5, 0.6) is 0 Å². The molecule has 0 spiro atoms. The minimum atomic E-state index is -3.30. The average Bonchev–Trinajstić information content (AvgIpc) is 2.28. The standard InChI is InChI=1S/C12H22N2O4S/c1-10(2)18-6-7-19(16,17)14-5-4-12(13-9-15)8-11(14)3/h10-12H,4-8H2,1-3H3. The van der Waals surface area contributed by atoms with Crippen LogP contribution in [-0.2, 0) is 19.6 Å². The lowest BCUT2D eigenvalue weighted by Crippen LogP contribution is -2.47. The van der Waals surface area contributed by atoms with Gasteiger partial charge in [0.2, 0.25) is 16.1 Å². The first-order valence-corrected chi connectivity index (χ1v) is 8.16. The summed E-state index contributed by atoms with van der Waals surface area (Å²) in [5.74, 6) is -0.00284. The van der Waals surface area contributed by atoms with Gasteiger partial charge in [0, 0.05) is 12.6 Å². The van der Waals surface area contributed by atoms with Gasteiger partial charge >= 0.3 is 0 Å². The molecule has 1 saturated heterocycles. The molecule has 0 saturated carbocycles. The summed E-state index contributed by atoms with van der Waals surface area (Å²) in [4.78, 5) is 13.9. The van der Waals surface area contributed by atoms with Crippen LogP contribution in [0.1, 0.15) is 33.6 Å². The summed E-state index contributed by atoms with van der Waals surface area (Å²) < 4.78 is 31.1. The third kappa shape index (κ3) is 5.03. The molecule has 1 fully saturated rings. The maximum absolute atomic E-state index is 12.2. The van der Waals surface area contributed by atoms with Gasteiger partial charge in [0.05, 0.1) is 24.5 Å². The van der Waals surface area contributed by atoms with Crippen LogP contribution in [0, 0.1) is 0 Å². The van der Waals surface area contributed by atoms with E-state index in [9.17, 15) is 13.2 Å². The molecule has 0 amide bonds. The predicted molar refractivity (Wildman–Crippen MR) is 72.2 cm³/mol. The summed E-state index contributed by atoms with van der Waals surface area (Å²) in [7, 11) is -3.30. The predicted octanol–water partition coefficient (Wildman–Crippen LogP) is 0.930. The number of nitrogens with zero attached hydrogens (tertiary/aromatic N) is 2. The molecular weight excluding hydrogens is 268 g/mol. The van der Waals surface area contributed by atoms with E-state index in [1.165, 1.54) is 4.31 Å². The van der Waals surface area contributed by atoms with Gasteiger partial charge in [0.1, 0.15) is 0 Å². The van der Waals surface area contributed by atoms with Crippen LogP contribution in [0.2, 0.25) is 0 Å². The number of carbonyl (C=O) groups excluding carboxylic acids is 1. The number of rotatable bonds is 6. The molecule has 1 rings (SSSR count). The zero-order chi connectivity index (χ0) is 14.5. The highest BCUT2D eigenvalue weighted by Crippen LogP contribution is 2.22. The Balaban J connectivity index is 2.57. The van der Waals surface area contributed by atoms with Crippen LogP contribution in [0.3, 0.4) is 0 Å². The number of sulfonamides is 1. The highest BCUT2D eigenvalue weighted by molar-refractivity contribution is 7.89. The topological polar surface area (TPSA) is 76.0 Å². The molecule has 1 aliphatic heterocycles. The number of ether oxygens (including phenoxy) is 1. The maximum atomic E-state index is 12.2. The van der Waals surface area contributed by atoms with Crippen LogP contribution in [0.15, 0.2) is 4.99 Å². The van der Waals surface area contributed by atoms with Crippen LogP contribution < -0.4 is 0 Å². The number of piperidine rings is 1.